The van der Waals surface area contributed by atoms with Crippen molar-refractivity contribution in [1.82, 2.24) is 0 Å². The van der Waals surface area contributed by atoms with Gasteiger partial charge in [0, 0.05) is 12.7 Å². The van der Waals surface area contributed by atoms with Crippen molar-refractivity contribution in [2.45, 2.75) is 31.6 Å². The maximum absolute atomic E-state index is 13.7. The second kappa shape index (κ2) is 6.43. The first-order chi connectivity index (χ1) is 9.90. The molecule has 1 aromatic rings. The van der Waals surface area contributed by atoms with Crippen LogP contribution in [0, 0.1) is 11.2 Å². The zero-order chi connectivity index (χ0) is 17.1. The van der Waals surface area contributed by atoms with Crippen LogP contribution in [0.2, 0.25) is 0 Å². The van der Waals surface area contributed by atoms with Crippen LogP contribution in [0.15, 0.2) is 23.1 Å². The second-order valence-corrected chi connectivity index (χ2v) is 7.89. The minimum absolute atomic E-state index is 0.117. The number of carbonyl (C=O) groups is 2. The Bertz CT molecular complexity index is 697. The maximum atomic E-state index is 13.7. The van der Waals surface area contributed by atoms with E-state index in [1.165, 1.54) is 0 Å². The van der Waals surface area contributed by atoms with Gasteiger partial charge >= 0.3 is 5.97 Å². The number of rotatable bonds is 6. The summed E-state index contributed by atoms with van der Waals surface area (Å²) in [6.45, 7) is 3.20. The van der Waals surface area contributed by atoms with Crippen LogP contribution in [-0.2, 0) is 19.4 Å². The van der Waals surface area contributed by atoms with Crippen molar-refractivity contribution < 1.29 is 27.5 Å². The van der Waals surface area contributed by atoms with E-state index in [-0.39, 0.29) is 23.4 Å². The van der Waals surface area contributed by atoms with E-state index in [1.807, 2.05) is 0 Å². The molecule has 0 bridgehead atoms. The third kappa shape index (κ3) is 5.44. The number of hydrogen-bond donors (Lipinski definition) is 2. The fourth-order valence-corrected chi connectivity index (χ4v) is 2.58. The van der Waals surface area contributed by atoms with Gasteiger partial charge in [0.05, 0.1) is 17.0 Å². The van der Waals surface area contributed by atoms with E-state index >= 15 is 0 Å². The molecule has 0 radical (unpaired) electrons. The zero-order valence-electron chi connectivity index (χ0n) is 12.5. The minimum atomic E-state index is -3.52. The molecule has 0 spiro atoms. The quantitative estimate of drug-likeness (QED) is 0.777. The first-order valence-electron chi connectivity index (χ1n) is 6.42. The number of benzene rings is 1. The molecule has 6 nitrogen and oxygen atoms in total. The van der Waals surface area contributed by atoms with Crippen molar-refractivity contribution >= 4 is 27.4 Å². The third-order valence-corrected chi connectivity index (χ3v) is 4.02. The number of halogens is 1. The summed E-state index contributed by atoms with van der Waals surface area (Å²) < 4.78 is 36.5. The van der Waals surface area contributed by atoms with E-state index in [0.717, 1.165) is 24.5 Å². The Labute approximate surface area is 128 Å². The summed E-state index contributed by atoms with van der Waals surface area (Å²) in [6.07, 6.45) is 0.621. The molecule has 0 heterocycles. The van der Waals surface area contributed by atoms with E-state index in [4.69, 9.17) is 5.11 Å². The van der Waals surface area contributed by atoms with Gasteiger partial charge in [-0.25, -0.2) is 12.8 Å². The molecule has 0 saturated carbocycles. The number of carboxylic acids is 1. The second-order valence-electron chi connectivity index (χ2n) is 5.87. The van der Waals surface area contributed by atoms with Crippen molar-refractivity contribution in [2.24, 2.45) is 5.41 Å². The van der Waals surface area contributed by atoms with Gasteiger partial charge in [-0.2, -0.15) is 0 Å². The third-order valence-electron chi connectivity index (χ3n) is 2.91. The fraction of sp³-hybridized carbons (Fsp3) is 0.429. The highest BCUT2D eigenvalue weighted by Gasteiger charge is 2.25. The molecule has 1 aromatic carbocycles. The van der Waals surface area contributed by atoms with Crippen LogP contribution in [0.1, 0.15) is 26.7 Å². The number of carboxylic acid groups (broad SMARTS) is 1. The molecule has 0 aliphatic rings. The first-order valence-corrected chi connectivity index (χ1v) is 8.31. The Morgan fingerprint density at radius 3 is 2.36 bits per heavy atom. The predicted molar refractivity (Wildman–Crippen MR) is 78.8 cm³/mol. The van der Waals surface area contributed by atoms with Gasteiger partial charge < -0.3 is 10.4 Å². The van der Waals surface area contributed by atoms with Gasteiger partial charge in [0.15, 0.2) is 9.84 Å². The number of nitrogens with one attached hydrogen (secondary N) is 1. The molecule has 0 aromatic heterocycles. The van der Waals surface area contributed by atoms with Crippen LogP contribution >= 0.6 is 0 Å². The number of aliphatic carboxylic acids is 1. The Morgan fingerprint density at radius 1 is 1.27 bits per heavy atom. The van der Waals surface area contributed by atoms with E-state index in [9.17, 15) is 22.4 Å². The van der Waals surface area contributed by atoms with Crippen molar-refractivity contribution in [3.63, 3.8) is 0 Å². The highest BCUT2D eigenvalue weighted by molar-refractivity contribution is 7.90. The SMILES string of the molecule is CC(C)(CC(=O)O)CC(=O)Nc1cc(S(C)(=O)=O)ccc1F. The minimum Gasteiger partial charge on any atom is -0.481 e. The number of carbonyl (C=O) groups excluding carboxylic acids is 1. The Kier molecular flexibility index (Phi) is 5.29. The number of hydrogen-bond acceptors (Lipinski definition) is 4. The summed E-state index contributed by atoms with van der Waals surface area (Å²) in [5.41, 5.74) is -1.06. The van der Waals surface area contributed by atoms with Crippen LogP contribution in [0.5, 0.6) is 0 Å². The lowest BCUT2D eigenvalue weighted by Crippen LogP contribution is -2.25. The van der Waals surface area contributed by atoms with Gasteiger partial charge in [0.1, 0.15) is 5.82 Å². The van der Waals surface area contributed by atoms with E-state index in [0.29, 0.717) is 0 Å². The lowest BCUT2D eigenvalue weighted by atomic mass is 9.85. The monoisotopic (exact) mass is 331 g/mol. The average molecular weight is 331 g/mol. The van der Waals surface area contributed by atoms with Crippen molar-refractivity contribution in [2.75, 3.05) is 11.6 Å². The van der Waals surface area contributed by atoms with Crippen molar-refractivity contribution in [1.29, 1.82) is 0 Å². The largest absolute Gasteiger partial charge is 0.481 e. The lowest BCUT2D eigenvalue weighted by Gasteiger charge is -2.21. The molecule has 0 unspecified atom stereocenters. The maximum Gasteiger partial charge on any atom is 0.303 e. The average Bonchev–Trinajstić information content (AvgIpc) is 2.27. The molecule has 0 atom stereocenters. The molecule has 0 fully saturated rings. The zero-order valence-corrected chi connectivity index (χ0v) is 13.3. The molecular weight excluding hydrogens is 313 g/mol. The summed E-state index contributed by atoms with van der Waals surface area (Å²) in [6, 6.07) is 3.09. The molecule has 0 saturated heterocycles. The lowest BCUT2D eigenvalue weighted by molar-refractivity contribution is -0.139. The molecule has 1 rings (SSSR count). The summed E-state index contributed by atoms with van der Waals surface area (Å²) in [5.74, 6) is -2.39. The van der Waals surface area contributed by atoms with Gasteiger partial charge in [-0.3, -0.25) is 9.59 Å². The number of amides is 1. The molecular formula is C14H18FNO5S. The normalized spacial score (nSPS) is 12.0. The highest BCUT2D eigenvalue weighted by atomic mass is 32.2. The van der Waals surface area contributed by atoms with E-state index in [1.54, 1.807) is 13.8 Å². The van der Waals surface area contributed by atoms with Gasteiger partial charge in [-0.1, -0.05) is 13.8 Å². The van der Waals surface area contributed by atoms with Gasteiger partial charge in [-0.05, 0) is 23.6 Å². The van der Waals surface area contributed by atoms with Crippen LogP contribution < -0.4 is 5.32 Å². The van der Waals surface area contributed by atoms with E-state index in [2.05, 4.69) is 5.32 Å². The van der Waals surface area contributed by atoms with Crippen molar-refractivity contribution in [3.05, 3.63) is 24.0 Å². The molecule has 122 valence electrons. The summed E-state index contributed by atoms with van der Waals surface area (Å²) in [7, 11) is -3.52. The van der Waals surface area contributed by atoms with E-state index < -0.39 is 32.9 Å². The van der Waals surface area contributed by atoms with Crippen LogP contribution in [0.3, 0.4) is 0 Å². The molecule has 8 heteroatoms. The summed E-state index contributed by atoms with van der Waals surface area (Å²) in [4.78, 5) is 22.5. The number of sulfone groups is 1. The molecule has 0 aliphatic carbocycles. The Balaban J connectivity index is 2.91. The summed E-state index contributed by atoms with van der Waals surface area (Å²) >= 11 is 0. The number of anilines is 1. The molecule has 2 N–H and O–H groups in total. The molecule has 0 aliphatic heterocycles. The fourth-order valence-electron chi connectivity index (χ4n) is 1.93. The molecule has 22 heavy (non-hydrogen) atoms. The smallest absolute Gasteiger partial charge is 0.303 e. The van der Waals surface area contributed by atoms with Crippen LogP contribution in [-0.4, -0.2) is 31.7 Å². The van der Waals surface area contributed by atoms with Crippen molar-refractivity contribution in [3.8, 4) is 0 Å². The van der Waals surface area contributed by atoms with Crippen LogP contribution in [0.25, 0.3) is 0 Å². The standard InChI is InChI=1S/C14H18FNO5S/c1-14(2,8-13(18)19)7-12(17)16-11-6-9(22(3,20)21)4-5-10(11)15/h4-6H,7-8H2,1-3H3,(H,16,17)(H,18,19). The highest BCUT2D eigenvalue weighted by Crippen LogP contribution is 2.26. The van der Waals surface area contributed by atoms with Gasteiger partial charge in [0.2, 0.25) is 5.91 Å². The predicted octanol–water partition coefficient (Wildman–Crippen LogP) is 2.06. The Hall–Kier alpha value is -1.96. The summed E-state index contributed by atoms with van der Waals surface area (Å²) in [5, 5.41) is 11.0. The van der Waals surface area contributed by atoms with Gasteiger partial charge in [-0.15, -0.1) is 0 Å². The van der Waals surface area contributed by atoms with Crippen LogP contribution in [0.4, 0.5) is 10.1 Å². The first kappa shape index (κ1) is 18.1. The van der Waals surface area contributed by atoms with Gasteiger partial charge in [0.25, 0.3) is 0 Å². The topological polar surface area (TPSA) is 101 Å². The Morgan fingerprint density at radius 2 is 1.86 bits per heavy atom. The molecule has 1 amide bonds.